The van der Waals surface area contributed by atoms with E-state index in [1.807, 2.05) is 0 Å². The van der Waals surface area contributed by atoms with Gasteiger partial charge in [0, 0.05) is 4.91 Å². The average Bonchev–Trinajstić information content (AvgIpc) is 3.02. The van der Waals surface area contributed by atoms with Crippen molar-refractivity contribution in [2.75, 3.05) is 6.61 Å². The first kappa shape index (κ1) is 14.4. The average molecular weight is 309 g/mol. The Morgan fingerprint density at radius 3 is 3.05 bits per heavy atom. The zero-order chi connectivity index (χ0) is 15.9. The number of aromatic nitrogens is 4. The fourth-order valence-electron chi connectivity index (χ4n) is 2.39. The predicted octanol–water partition coefficient (Wildman–Crippen LogP) is -1.63. The molecule has 2 aromatic heterocycles. The first-order valence-corrected chi connectivity index (χ1v) is 6.16. The highest BCUT2D eigenvalue weighted by atomic mass is 16.6. The number of hydrogen-bond donors (Lipinski definition) is 4. The van der Waals surface area contributed by atoms with E-state index in [4.69, 9.17) is 10.3 Å². The molecule has 1 fully saturated rings. The van der Waals surface area contributed by atoms with Crippen LogP contribution in [0.5, 0.6) is 0 Å². The largest absolute Gasteiger partial charge is 0.394 e. The Bertz CT molecular complexity index is 811. The molecule has 1 aliphatic heterocycles. The van der Waals surface area contributed by atoms with Gasteiger partial charge in [0.25, 0.3) is 5.56 Å². The van der Waals surface area contributed by atoms with Crippen molar-refractivity contribution >= 4 is 11.2 Å². The van der Waals surface area contributed by atoms with Gasteiger partial charge in [0.2, 0.25) is 5.72 Å². The monoisotopic (exact) mass is 309 g/mol. The molecule has 2 aromatic rings. The van der Waals surface area contributed by atoms with Crippen molar-refractivity contribution in [1.82, 2.24) is 19.5 Å². The molecule has 22 heavy (non-hydrogen) atoms. The Hall–Kier alpha value is -2.50. The number of nitrogens with zero attached hydrogens (tertiary/aromatic N) is 6. The lowest BCUT2D eigenvalue weighted by Crippen LogP contribution is -2.45. The van der Waals surface area contributed by atoms with Crippen LogP contribution in [0.3, 0.4) is 0 Å². The summed E-state index contributed by atoms with van der Waals surface area (Å²) < 4.78 is 6.49. The molecule has 1 aliphatic rings. The highest BCUT2D eigenvalue weighted by molar-refractivity contribution is 5.68. The molecule has 0 amide bonds. The van der Waals surface area contributed by atoms with E-state index in [1.54, 1.807) is 0 Å². The molecular formula is C10H11N7O5. The molecule has 3 heterocycles. The summed E-state index contributed by atoms with van der Waals surface area (Å²) in [4.78, 5) is 24.2. The summed E-state index contributed by atoms with van der Waals surface area (Å²) in [6, 6.07) is 0. The molecule has 3 rings (SSSR count). The Kier molecular flexibility index (Phi) is 3.31. The van der Waals surface area contributed by atoms with E-state index in [-0.39, 0.29) is 11.2 Å². The maximum atomic E-state index is 11.6. The van der Waals surface area contributed by atoms with Crippen molar-refractivity contribution in [2.45, 2.75) is 24.2 Å². The molecule has 0 aromatic carbocycles. The number of aliphatic hydroxyl groups excluding tert-OH is 2. The van der Waals surface area contributed by atoms with Crippen LogP contribution in [0, 0.1) is 0 Å². The maximum Gasteiger partial charge on any atom is 0.278 e. The fourth-order valence-corrected chi connectivity index (χ4v) is 2.39. The molecule has 4 atom stereocenters. The van der Waals surface area contributed by atoms with Crippen LogP contribution in [0.2, 0.25) is 0 Å². The zero-order valence-electron chi connectivity index (χ0n) is 10.9. The van der Waals surface area contributed by atoms with Gasteiger partial charge in [0.1, 0.15) is 12.2 Å². The van der Waals surface area contributed by atoms with Gasteiger partial charge in [0.05, 0.1) is 19.3 Å². The molecule has 12 heteroatoms. The fraction of sp³-hybridized carbons (Fsp3) is 0.500. The smallest absolute Gasteiger partial charge is 0.278 e. The molecule has 1 saturated heterocycles. The standard InChI is InChI=1S/C10H11N7O5/c11-16-15-10(21)6(19)4(1-18)22-9(10)17-3-14-5-7(17)12-2-13-8(5)20/h2-4,6,9,18-19,21H,1H2,(H,12,13,20)/t4-,6-,9-,10-/m1/s1. The Morgan fingerprint density at radius 2 is 2.36 bits per heavy atom. The van der Waals surface area contributed by atoms with Crippen molar-refractivity contribution in [1.29, 1.82) is 0 Å². The van der Waals surface area contributed by atoms with E-state index < -0.39 is 36.3 Å². The summed E-state index contributed by atoms with van der Waals surface area (Å²) in [5.74, 6) is 0. The van der Waals surface area contributed by atoms with Crippen molar-refractivity contribution in [3.8, 4) is 0 Å². The van der Waals surface area contributed by atoms with Gasteiger partial charge in [-0.05, 0) is 5.53 Å². The van der Waals surface area contributed by atoms with E-state index >= 15 is 0 Å². The molecule has 0 bridgehead atoms. The summed E-state index contributed by atoms with van der Waals surface area (Å²) in [6.45, 7) is -0.610. The molecule has 4 N–H and O–H groups in total. The third kappa shape index (κ3) is 1.87. The van der Waals surface area contributed by atoms with Crippen LogP contribution in [0.25, 0.3) is 21.6 Å². The van der Waals surface area contributed by atoms with Gasteiger partial charge in [-0.15, -0.1) is 0 Å². The third-order valence-corrected chi connectivity index (χ3v) is 3.46. The summed E-state index contributed by atoms with van der Waals surface area (Å²) in [5, 5.41) is 32.8. The molecule has 0 saturated carbocycles. The molecule has 0 unspecified atom stereocenters. The van der Waals surface area contributed by atoms with Crippen molar-refractivity contribution < 1.29 is 20.1 Å². The van der Waals surface area contributed by atoms with Crippen LogP contribution < -0.4 is 5.56 Å². The lowest BCUT2D eigenvalue weighted by atomic mass is 10.0. The van der Waals surface area contributed by atoms with Crippen LogP contribution in [0.1, 0.15) is 6.23 Å². The number of imidazole rings is 1. The predicted molar refractivity (Wildman–Crippen MR) is 69.2 cm³/mol. The van der Waals surface area contributed by atoms with Gasteiger partial charge in [0.15, 0.2) is 17.4 Å². The topological polar surface area (TPSA) is 182 Å². The van der Waals surface area contributed by atoms with Gasteiger partial charge in [-0.3, -0.25) is 9.36 Å². The second-order valence-corrected chi connectivity index (χ2v) is 4.68. The summed E-state index contributed by atoms with van der Waals surface area (Å²) in [6.07, 6.45) is -1.97. The first-order chi connectivity index (χ1) is 10.5. The van der Waals surface area contributed by atoms with Crippen molar-refractivity contribution in [3.63, 3.8) is 0 Å². The number of ether oxygens (including phenoxy) is 1. The minimum atomic E-state index is -2.39. The molecule has 12 nitrogen and oxygen atoms in total. The number of hydrogen-bond acceptors (Lipinski definition) is 8. The van der Waals surface area contributed by atoms with Gasteiger partial charge < -0.3 is 25.0 Å². The molecule has 0 radical (unpaired) electrons. The molecule has 0 spiro atoms. The minimum Gasteiger partial charge on any atom is -0.394 e. The van der Waals surface area contributed by atoms with E-state index in [9.17, 15) is 20.1 Å². The Balaban J connectivity index is 2.18. The highest BCUT2D eigenvalue weighted by Crippen LogP contribution is 2.40. The summed E-state index contributed by atoms with van der Waals surface area (Å²) in [5.41, 5.74) is 5.76. The van der Waals surface area contributed by atoms with Gasteiger partial charge in [-0.2, -0.15) is 0 Å². The van der Waals surface area contributed by atoms with Gasteiger partial charge >= 0.3 is 0 Å². The normalized spacial score (nSPS) is 31.3. The van der Waals surface area contributed by atoms with Crippen LogP contribution in [0.4, 0.5) is 0 Å². The molecular weight excluding hydrogens is 298 g/mol. The van der Waals surface area contributed by atoms with E-state index in [0.29, 0.717) is 0 Å². The van der Waals surface area contributed by atoms with Gasteiger partial charge in [-0.25, -0.2) is 9.97 Å². The third-order valence-electron chi connectivity index (χ3n) is 3.46. The number of fused-ring (bicyclic) bond motifs is 1. The number of nitrogens with one attached hydrogen (secondary N) is 1. The SMILES string of the molecule is [N-]=[N+]=N[C@@]1(O)[C@H](O)[C@@H](CO)O[C@H]1n1cnc2c(=O)[nH]cnc21. The Morgan fingerprint density at radius 1 is 1.59 bits per heavy atom. The number of aliphatic hydroxyl groups is 3. The van der Waals surface area contributed by atoms with Crippen LogP contribution in [-0.4, -0.2) is 59.4 Å². The van der Waals surface area contributed by atoms with E-state index in [0.717, 1.165) is 17.2 Å². The summed E-state index contributed by atoms with van der Waals surface area (Å²) in [7, 11) is 0. The first-order valence-electron chi connectivity index (χ1n) is 6.16. The second-order valence-electron chi connectivity index (χ2n) is 4.68. The number of rotatable bonds is 3. The molecule has 116 valence electrons. The number of H-pyrrole nitrogens is 1. The van der Waals surface area contributed by atoms with Gasteiger partial charge in [-0.1, -0.05) is 5.11 Å². The lowest BCUT2D eigenvalue weighted by molar-refractivity contribution is -0.103. The van der Waals surface area contributed by atoms with Crippen molar-refractivity contribution in [2.24, 2.45) is 5.11 Å². The second kappa shape index (κ2) is 5.05. The lowest BCUT2D eigenvalue weighted by Gasteiger charge is -2.26. The summed E-state index contributed by atoms with van der Waals surface area (Å²) >= 11 is 0. The maximum absolute atomic E-state index is 11.6. The van der Waals surface area contributed by atoms with Crippen molar-refractivity contribution in [3.05, 3.63) is 33.5 Å². The number of azide groups is 1. The Labute approximate surface area is 121 Å². The van der Waals surface area contributed by atoms with E-state index in [1.165, 1.54) is 0 Å². The van der Waals surface area contributed by atoms with Crippen LogP contribution >= 0.6 is 0 Å². The highest BCUT2D eigenvalue weighted by Gasteiger charge is 2.56. The number of aromatic amines is 1. The van der Waals surface area contributed by atoms with Crippen LogP contribution in [0.15, 0.2) is 22.6 Å². The minimum absolute atomic E-state index is 0.0173. The molecule has 0 aliphatic carbocycles. The quantitative estimate of drug-likeness (QED) is 0.298. The zero-order valence-corrected chi connectivity index (χ0v) is 10.9. The van der Waals surface area contributed by atoms with Crippen LogP contribution in [-0.2, 0) is 4.74 Å². The van der Waals surface area contributed by atoms with E-state index in [2.05, 4.69) is 25.0 Å².